The molecule has 0 bridgehead atoms. The maximum absolute atomic E-state index is 12.2. The van der Waals surface area contributed by atoms with Crippen LogP contribution in [0.15, 0.2) is 36.0 Å². The van der Waals surface area contributed by atoms with E-state index in [0.29, 0.717) is 22.3 Å². The van der Waals surface area contributed by atoms with Crippen molar-refractivity contribution >= 4 is 23.0 Å². The number of hydrogen-bond donors (Lipinski definition) is 1. The van der Waals surface area contributed by atoms with Crippen LogP contribution in [0.25, 0.3) is 0 Å². The third-order valence-electron chi connectivity index (χ3n) is 5.82. The highest BCUT2D eigenvalue weighted by Crippen LogP contribution is 2.54. The molecule has 0 radical (unpaired) electrons. The van der Waals surface area contributed by atoms with Gasteiger partial charge in [-0.1, -0.05) is 25.6 Å². The molecule has 2 saturated carbocycles. The molecule has 1 N–H and O–H groups in total. The van der Waals surface area contributed by atoms with Gasteiger partial charge in [0, 0.05) is 40.9 Å². The third-order valence-corrected chi connectivity index (χ3v) is 7.10. The molecule has 8 heteroatoms. The molecule has 2 aliphatic carbocycles. The molecule has 26 heavy (non-hydrogen) atoms. The van der Waals surface area contributed by atoms with Gasteiger partial charge in [-0.25, -0.2) is 19.7 Å². The Morgan fingerprint density at radius 1 is 1.38 bits per heavy atom. The summed E-state index contributed by atoms with van der Waals surface area (Å²) in [7, 11) is 0. The van der Waals surface area contributed by atoms with E-state index in [-0.39, 0.29) is 17.5 Å². The van der Waals surface area contributed by atoms with Crippen molar-refractivity contribution in [3.8, 4) is 0 Å². The monoisotopic (exact) mass is 368 g/mol. The summed E-state index contributed by atoms with van der Waals surface area (Å²) in [5.74, 6) is 1.73. The van der Waals surface area contributed by atoms with Crippen molar-refractivity contribution in [2.75, 3.05) is 0 Å². The summed E-state index contributed by atoms with van der Waals surface area (Å²) in [6.45, 7) is 4.45. The van der Waals surface area contributed by atoms with Crippen LogP contribution in [0.2, 0.25) is 0 Å². The standard InChI is InChI=1S/C18H20N6OS/c1-10-12(11-3-6-20-15(21-11)18(2)4-5-18)14-13(10)22-16(26-14)23-17(25)24-8-7-19-9-24/h3,6-10,12-14H,4-5H2,1-2H3,(H,22,23,25). The number of fused-ring (bicyclic) bond motifs is 1. The molecule has 3 aliphatic rings. The molecular formula is C18H20N6OS. The van der Waals surface area contributed by atoms with E-state index in [2.05, 4.69) is 29.1 Å². The molecule has 4 atom stereocenters. The van der Waals surface area contributed by atoms with E-state index in [4.69, 9.17) is 9.98 Å². The van der Waals surface area contributed by atoms with Crippen LogP contribution in [-0.4, -0.2) is 42.0 Å². The summed E-state index contributed by atoms with van der Waals surface area (Å²) < 4.78 is 1.41. The van der Waals surface area contributed by atoms with Gasteiger partial charge in [-0.2, -0.15) is 0 Å². The van der Waals surface area contributed by atoms with Crippen LogP contribution in [0.3, 0.4) is 0 Å². The Balaban J connectivity index is 1.31. The first kappa shape index (κ1) is 16.0. The summed E-state index contributed by atoms with van der Waals surface area (Å²) in [6.07, 6.45) is 8.92. The molecule has 1 amide bonds. The number of amidine groups is 1. The van der Waals surface area contributed by atoms with Gasteiger partial charge in [0.1, 0.15) is 12.2 Å². The molecule has 1 aliphatic heterocycles. The summed E-state index contributed by atoms with van der Waals surface area (Å²) in [6, 6.07) is 2.04. The molecule has 0 saturated heterocycles. The van der Waals surface area contributed by atoms with Crippen LogP contribution in [0, 0.1) is 5.92 Å². The van der Waals surface area contributed by atoms with Crippen LogP contribution in [-0.2, 0) is 5.41 Å². The van der Waals surface area contributed by atoms with Gasteiger partial charge in [0.15, 0.2) is 5.17 Å². The second-order valence-electron chi connectivity index (χ2n) is 7.66. The summed E-state index contributed by atoms with van der Waals surface area (Å²) in [5.41, 5.74) is 1.29. The predicted octanol–water partition coefficient (Wildman–Crippen LogP) is 2.56. The van der Waals surface area contributed by atoms with E-state index < -0.39 is 0 Å². The Labute approximate surface area is 155 Å². The lowest BCUT2D eigenvalue weighted by Crippen LogP contribution is -2.48. The highest BCUT2D eigenvalue weighted by atomic mass is 32.2. The average molecular weight is 368 g/mol. The fourth-order valence-corrected chi connectivity index (χ4v) is 5.37. The zero-order chi connectivity index (χ0) is 17.9. The van der Waals surface area contributed by atoms with Crippen LogP contribution >= 0.6 is 11.8 Å². The number of aromatic nitrogens is 4. The van der Waals surface area contributed by atoms with Crippen LogP contribution < -0.4 is 5.32 Å². The largest absolute Gasteiger partial charge is 0.332 e. The maximum atomic E-state index is 12.2. The highest BCUT2D eigenvalue weighted by Gasteiger charge is 2.54. The molecule has 3 heterocycles. The van der Waals surface area contributed by atoms with E-state index in [1.54, 1.807) is 24.2 Å². The Morgan fingerprint density at radius 3 is 2.96 bits per heavy atom. The molecule has 134 valence electrons. The van der Waals surface area contributed by atoms with E-state index in [0.717, 1.165) is 11.5 Å². The van der Waals surface area contributed by atoms with Gasteiger partial charge in [0.05, 0.1) is 6.04 Å². The summed E-state index contributed by atoms with van der Waals surface area (Å²) in [4.78, 5) is 30.2. The first-order valence-electron chi connectivity index (χ1n) is 8.92. The Morgan fingerprint density at radius 2 is 2.23 bits per heavy atom. The van der Waals surface area contributed by atoms with Crippen molar-refractivity contribution in [1.29, 1.82) is 0 Å². The zero-order valence-corrected chi connectivity index (χ0v) is 15.5. The number of carbonyl (C=O) groups is 1. The minimum absolute atomic E-state index is 0.172. The zero-order valence-electron chi connectivity index (χ0n) is 14.7. The summed E-state index contributed by atoms with van der Waals surface area (Å²) in [5, 5.41) is 3.91. The Hall–Kier alpha value is -2.22. The summed E-state index contributed by atoms with van der Waals surface area (Å²) >= 11 is 1.65. The molecule has 2 fully saturated rings. The number of hydrogen-bond acceptors (Lipinski definition) is 6. The molecular weight excluding hydrogens is 348 g/mol. The van der Waals surface area contributed by atoms with Crippen molar-refractivity contribution in [2.45, 2.75) is 49.3 Å². The fourth-order valence-electron chi connectivity index (χ4n) is 3.80. The number of amides is 1. The minimum atomic E-state index is -0.231. The number of nitrogens with one attached hydrogen (secondary N) is 1. The Kier molecular flexibility index (Phi) is 3.47. The van der Waals surface area contributed by atoms with Crippen molar-refractivity contribution in [3.63, 3.8) is 0 Å². The topological polar surface area (TPSA) is 85.1 Å². The molecule has 0 aromatic carbocycles. The maximum Gasteiger partial charge on any atom is 0.332 e. The lowest BCUT2D eigenvalue weighted by atomic mass is 9.68. The molecule has 5 rings (SSSR count). The number of carbonyl (C=O) groups excluding carboxylic acids is 1. The van der Waals surface area contributed by atoms with Crippen molar-refractivity contribution < 1.29 is 4.79 Å². The van der Waals surface area contributed by atoms with Crippen molar-refractivity contribution in [3.05, 3.63) is 42.5 Å². The van der Waals surface area contributed by atoms with E-state index in [1.807, 2.05) is 12.3 Å². The Bertz CT molecular complexity index is 891. The third kappa shape index (κ3) is 2.46. The highest BCUT2D eigenvalue weighted by molar-refractivity contribution is 8.14. The fraction of sp³-hybridized carbons (Fsp3) is 0.500. The smallest absolute Gasteiger partial charge is 0.286 e. The van der Waals surface area contributed by atoms with Gasteiger partial charge < -0.3 is 0 Å². The van der Waals surface area contributed by atoms with E-state index in [1.165, 1.54) is 23.7 Å². The number of rotatable bonds is 2. The number of imidazole rings is 1. The second-order valence-corrected chi connectivity index (χ2v) is 8.82. The molecule has 2 aromatic heterocycles. The molecule has 4 unspecified atom stereocenters. The van der Waals surface area contributed by atoms with Crippen LogP contribution in [0.5, 0.6) is 0 Å². The molecule has 7 nitrogen and oxygen atoms in total. The SMILES string of the molecule is CC1C2N=C(NC(=O)n3ccnc3)SC2C1c1ccnc(C2(C)CC2)n1. The van der Waals surface area contributed by atoms with Gasteiger partial charge in [0.25, 0.3) is 0 Å². The normalized spacial score (nSPS) is 30.9. The average Bonchev–Trinajstić information content (AvgIpc) is 3.06. The second kappa shape index (κ2) is 5.64. The van der Waals surface area contributed by atoms with Crippen molar-refractivity contribution in [2.24, 2.45) is 10.9 Å². The van der Waals surface area contributed by atoms with Gasteiger partial charge in [-0.15, -0.1) is 0 Å². The van der Waals surface area contributed by atoms with E-state index in [9.17, 15) is 4.79 Å². The van der Waals surface area contributed by atoms with Crippen LogP contribution in [0.4, 0.5) is 4.79 Å². The lowest BCUT2D eigenvalue weighted by Gasteiger charge is -2.44. The molecule has 2 aromatic rings. The lowest BCUT2D eigenvalue weighted by molar-refractivity contribution is 0.240. The van der Waals surface area contributed by atoms with Crippen LogP contribution in [0.1, 0.15) is 44.1 Å². The number of thioether (sulfide) groups is 1. The van der Waals surface area contributed by atoms with Gasteiger partial charge in [-0.05, 0) is 24.8 Å². The van der Waals surface area contributed by atoms with Crippen molar-refractivity contribution in [1.82, 2.24) is 24.8 Å². The van der Waals surface area contributed by atoms with Gasteiger partial charge >= 0.3 is 6.03 Å². The van der Waals surface area contributed by atoms with Gasteiger partial charge in [-0.3, -0.25) is 14.9 Å². The molecule has 0 spiro atoms. The predicted molar refractivity (Wildman–Crippen MR) is 99.3 cm³/mol. The number of aliphatic imine (C=N–C) groups is 1. The first-order valence-corrected chi connectivity index (χ1v) is 9.80. The van der Waals surface area contributed by atoms with E-state index >= 15 is 0 Å². The first-order chi connectivity index (χ1) is 12.5. The van der Waals surface area contributed by atoms with Gasteiger partial charge in [0.2, 0.25) is 0 Å². The quantitative estimate of drug-likeness (QED) is 0.880. The minimum Gasteiger partial charge on any atom is -0.286 e. The number of nitrogens with zero attached hydrogens (tertiary/aromatic N) is 5.